The summed E-state index contributed by atoms with van der Waals surface area (Å²) < 4.78 is 51.1. The van der Waals surface area contributed by atoms with Gasteiger partial charge >= 0.3 is 0 Å². The third-order valence-corrected chi connectivity index (χ3v) is 9.66. The minimum Gasteiger partial charge on any atom is -0.494 e. The van der Waals surface area contributed by atoms with Gasteiger partial charge in [0.25, 0.3) is 5.91 Å². The van der Waals surface area contributed by atoms with E-state index in [2.05, 4.69) is 5.32 Å². The van der Waals surface area contributed by atoms with Crippen LogP contribution in [0.1, 0.15) is 30.9 Å². The molecule has 4 rings (SSSR count). The van der Waals surface area contributed by atoms with Crippen molar-refractivity contribution in [1.29, 1.82) is 0 Å². The van der Waals surface area contributed by atoms with Crippen LogP contribution < -0.4 is 10.1 Å². The molecule has 0 aromatic heterocycles. The van der Waals surface area contributed by atoms with Crippen molar-refractivity contribution in [2.75, 3.05) is 31.3 Å². The molecule has 1 aliphatic rings. The molecule has 0 bridgehead atoms. The molecule has 42 heavy (non-hydrogen) atoms. The van der Waals surface area contributed by atoms with E-state index >= 15 is 0 Å². The van der Waals surface area contributed by atoms with Gasteiger partial charge in [-0.05, 0) is 67.4 Å². The number of aliphatic hydroxyl groups excluding tert-OH is 1. The number of ether oxygens (including phenoxy) is 2. The number of thioether (sulfide) groups is 1. The van der Waals surface area contributed by atoms with Gasteiger partial charge in [-0.25, -0.2) is 17.8 Å². The molecule has 0 saturated carbocycles. The first kappa shape index (κ1) is 31.5. The molecule has 0 unspecified atom stereocenters. The number of carbonyl (C=O) groups excluding carboxylic acids is 1. The van der Waals surface area contributed by atoms with Gasteiger partial charge < -0.3 is 19.9 Å². The summed E-state index contributed by atoms with van der Waals surface area (Å²) in [5.41, 5.74) is 0.161. The fraction of sp³-hybridized carbons (Fsp3) is 0.355. The van der Waals surface area contributed by atoms with Gasteiger partial charge in [0.05, 0.1) is 17.3 Å². The second-order valence-corrected chi connectivity index (χ2v) is 13.1. The maximum Gasteiger partial charge on any atom is 0.251 e. The lowest BCUT2D eigenvalue weighted by Crippen LogP contribution is -2.52. The summed E-state index contributed by atoms with van der Waals surface area (Å²) in [4.78, 5) is 18.6. The Labute approximate surface area is 250 Å². The van der Waals surface area contributed by atoms with E-state index < -0.39 is 27.4 Å². The molecule has 0 radical (unpaired) electrons. The molecule has 0 saturated heterocycles. The highest BCUT2D eigenvalue weighted by atomic mass is 32.2. The van der Waals surface area contributed by atoms with E-state index in [0.717, 1.165) is 5.56 Å². The number of benzene rings is 3. The molecule has 224 valence electrons. The second-order valence-electron chi connectivity index (χ2n) is 9.87. The molecular weight excluding hydrogens is 579 g/mol. The number of halogens is 1. The molecule has 11 heteroatoms. The number of nitrogens with zero attached hydrogens (tertiary/aromatic N) is 1. The summed E-state index contributed by atoms with van der Waals surface area (Å²) in [6.07, 6.45) is -0.263. The molecular formula is C31H35FN2O6S2. The quantitative estimate of drug-likeness (QED) is 0.244. The van der Waals surface area contributed by atoms with Gasteiger partial charge in [0.15, 0.2) is 15.4 Å². The Hall–Kier alpha value is -3.41. The Morgan fingerprint density at radius 3 is 2.50 bits per heavy atom. The number of amides is 1. The zero-order valence-electron chi connectivity index (χ0n) is 23.4. The number of rotatable bonds is 15. The predicted octanol–water partition coefficient (Wildman–Crippen LogP) is 4.40. The minimum absolute atomic E-state index is 0.0394. The Morgan fingerprint density at radius 2 is 1.81 bits per heavy atom. The highest BCUT2D eigenvalue weighted by Crippen LogP contribution is 2.33. The summed E-state index contributed by atoms with van der Waals surface area (Å²) in [6, 6.07) is 21.5. The van der Waals surface area contributed by atoms with Crippen LogP contribution in [-0.4, -0.2) is 68.2 Å². The smallest absolute Gasteiger partial charge is 0.251 e. The maximum absolute atomic E-state index is 13.7. The number of aliphatic hydroxyl groups is 1. The minimum atomic E-state index is -3.67. The number of hydrogen-bond acceptors (Lipinski definition) is 8. The first-order chi connectivity index (χ1) is 20.2. The van der Waals surface area contributed by atoms with Crippen LogP contribution in [-0.2, 0) is 25.1 Å². The van der Waals surface area contributed by atoms with Gasteiger partial charge in [-0.3, -0.25) is 4.79 Å². The Balaban J connectivity index is 1.48. The number of sulfone groups is 1. The molecule has 1 amide bonds. The molecule has 1 aliphatic heterocycles. The summed E-state index contributed by atoms with van der Waals surface area (Å²) in [7, 11) is -3.67. The topological polar surface area (TPSA) is 114 Å². The van der Waals surface area contributed by atoms with Crippen molar-refractivity contribution in [3.8, 4) is 5.75 Å². The van der Waals surface area contributed by atoms with E-state index in [4.69, 9.17) is 19.6 Å². The van der Waals surface area contributed by atoms with E-state index in [1.54, 1.807) is 73.3 Å². The number of nitrogens with one attached hydrogen (secondary N) is 1. The molecule has 0 fully saturated rings. The van der Waals surface area contributed by atoms with Gasteiger partial charge in [-0.15, -0.1) is 0 Å². The van der Waals surface area contributed by atoms with Crippen LogP contribution in [0.15, 0.2) is 88.8 Å². The van der Waals surface area contributed by atoms with Crippen molar-refractivity contribution >= 4 is 33.4 Å². The van der Waals surface area contributed by atoms with Crippen molar-refractivity contribution < 1.29 is 32.2 Å². The van der Waals surface area contributed by atoms with E-state index in [9.17, 15) is 17.6 Å². The third-order valence-electron chi connectivity index (χ3n) is 6.90. The van der Waals surface area contributed by atoms with Gasteiger partial charge in [-0.1, -0.05) is 30.3 Å². The number of carbonyl (C=O) groups is 1. The normalized spacial score (nSPS) is 18.3. The standard InChI is InChI=1S/C31H35FN2O6S2/c1-23-31(16-21-42(37,38)28-6-3-2-4-7-28,30(36)33-17-20-41-22-24-8-12-26(32)13-9-24)34-29(40-23)25-10-14-27(15-11-25)39-19-5-18-35/h2-4,6-15,23,35H,5,16-22H2,1H3,(H,33,36)/t23-,31-/m1/s1. The summed E-state index contributed by atoms with van der Waals surface area (Å²) in [5, 5.41) is 11.9. The largest absolute Gasteiger partial charge is 0.494 e. The fourth-order valence-corrected chi connectivity index (χ4v) is 6.65. The SMILES string of the molecule is C[C@H]1OC(c2ccc(OCCCO)cc2)=N[C@@]1(CCS(=O)(=O)c1ccccc1)C(=O)NCCSCc1ccc(F)cc1. The van der Waals surface area contributed by atoms with Crippen LogP contribution in [0.5, 0.6) is 5.75 Å². The average molecular weight is 615 g/mol. The molecule has 0 aliphatic carbocycles. The van der Waals surface area contributed by atoms with Crippen LogP contribution in [0.4, 0.5) is 4.39 Å². The highest BCUT2D eigenvalue weighted by Gasteiger charge is 2.50. The molecule has 2 N–H and O–H groups in total. The Morgan fingerprint density at radius 1 is 1.10 bits per heavy atom. The maximum atomic E-state index is 13.7. The van der Waals surface area contributed by atoms with Gasteiger partial charge in [0, 0.05) is 36.6 Å². The van der Waals surface area contributed by atoms with Gasteiger partial charge in [0.1, 0.15) is 17.7 Å². The van der Waals surface area contributed by atoms with Gasteiger partial charge in [0.2, 0.25) is 5.90 Å². The van der Waals surface area contributed by atoms with Crippen molar-refractivity contribution in [3.63, 3.8) is 0 Å². The van der Waals surface area contributed by atoms with Crippen LogP contribution in [0.3, 0.4) is 0 Å². The van der Waals surface area contributed by atoms with Crippen molar-refractivity contribution in [2.45, 2.75) is 42.1 Å². The molecule has 8 nitrogen and oxygen atoms in total. The van der Waals surface area contributed by atoms with Crippen molar-refractivity contribution in [2.24, 2.45) is 4.99 Å². The van der Waals surface area contributed by atoms with Crippen molar-refractivity contribution in [3.05, 3.63) is 95.8 Å². The summed E-state index contributed by atoms with van der Waals surface area (Å²) in [5.74, 6) is 1.16. The number of hydrogen-bond donors (Lipinski definition) is 2. The first-order valence-corrected chi connectivity index (χ1v) is 16.5. The van der Waals surface area contributed by atoms with Crippen LogP contribution in [0.25, 0.3) is 0 Å². The Kier molecular flexibility index (Phi) is 11.0. The third kappa shape index (κ3) is 8.11. The highest BCUT2D eigenvalue weighted by molar-refractivity contribution is 7.98. The van der Waals surface area contributed by atoms with E-state index in [-0.39, 0.29) is 35.4 Å². The molecule has 3 aromatic carbocycles. The lowest BCUT2D eigenvalue weighted by molar-refractivity contribution is -0.128. The van der Waals surface area contributed by atoms with E-state index in [1.807, 2.05) is 0 Å². The molecule has 3 aromatic rings. The predicted molar refractivity (Wildman–Crippen MR) is 162 cm³/mol. The Bertz CT molecular complexity index is 1450. The monoisotopic (exact) mass is 614 g/mol. The summed E-state index contributed by atoms with van der Waals surface area (Å²) >= 11 is 1.59. The fourth-order valence-electron chi connectivity index (χ4n) is 4.45. The average Bonchev–Trinajstić information content (AvgIpc) is 3.35. The molecule has 2 atom stereocenters. The number of aliphatic imine (C=N–C) groups is 1. The summed E-state index contributed by atoms with van der Waals surface area (Å²) in [6.45, 7) is 2.49. The molecule has 0 spiro atoms. The van der Waals surface area contributed by atoms with Gasteiger partial charge in [-0.2, -0.15) is 11.8 Å². The zero-order valence-corrected chi connectivity index (χ0v) is 25.0. The van der Waals surface area contributed by atoms with E-state index in [1.165, 1.54) is 24.3 Å². The van der Waals surface area contributed by atoms with Crippen molar-refractivity contribution in [1.82, 2.24) is 5.32 Å². The van der Waals surface area contributed by atoms with E-state index in [0.29, 0.717) is 42.4 Å². The second kappa shape index (κ2) is 14.7. The van der Waals surface area contributed by atoms with Crippen LogP contribution in [0, 0.1) is 5.82 Å². The van der Waals surface area contributed by atoms with Crippen LogP contribution >= 0.6 is 11.8 Å². The molecule has 1 heterocycles. The zero-order chi connectivity index (χ0) is 30.0. The lowest BCUT2D eigenvalue weighted by Gasteiger charge is -2.28. The van der Waals surface area contributed by atoms with Crippen LogP contribution in [0.2, 0.25) is 0 Å². The first-order valence-electron chi connectivity index (χ1n) is 13.7. The lowest BCUT2D eigenvalue weighted by atomic mass is 9.90.